The Kier molecular flexibility index (Phi) is 4.26. The van der Waals surface area contributed by atoms with Crippen molar-refractivity contribution in [3.63, 3.8) is 0 Å². The second-order valence-corrected chi connectivity index (χ2v) is 5.82. The molecule has 1 N–H and O–H groups in total. The molecule has 0 aliphatic carbocycles. The molecule has 0 fully saturated rings. The van der Waals surface area contributed by atoms with Crippen LogP contribution in [-0.4, -0.2) is 13.1 Å². The third-order valence-electron chi connectivity index (χ3n) is 4.32. The molecular weight excluding hydrogens is 256 g/mol. The fourth-order valence-electron chi connectivity index (χ4n) is 3.15. The Hall–Kier alpha value is -1.80. The van der Waals surface area contributed by atoms with E-state index in [-0.39, 0.29) is 0 Å². The number of benzene rings is 2. The van der Waals surface area contributed by atoms with Crippen molar-refractivity contribution < 1.29 is 0 Å². The Morgan fingerprint density at radius 1 is 1.14 bits per heavy atom. The van der Waals surface area contributed by atoms with Gasteiger partial charge in [-0.2, -0.15) is 0 Å². The minimum absolute atomic E-state index is 0.434. The quantitative estimate of drug-likeness (QED) is 0.893. The molecule has 1 aliphatic rings. The average Bonchev–Trinajstić information content (AvgIpc) is 2.91. The van der Waals surface area contributed by atoms with E-state index in [1.54, 1.807) is 0 Å². The summed E-state index contributed by atoms with van der Waals surface area (Å²) in [5, 5.41) is 3.49. The number of nitrogens with one attached hydrogen (secondary N) is 1. The Labute approximate surface area is 127 Å². The van der Waals surface area contributed by atoms with E-state index in [2.05, 4.69) is 72.6 Å². The van der Waals surface area contributed by atoms with Gasteiger partial charge in [0, 0.05) is 24.8 Å². The minimum Gasteiger partial charge on any atom is -0.367 e. The number of hydrogen-bond acceptors (Lipinski definition) is 2. The van der Waals surface area contributed by atoms with Crippen LogP contribution in [0.5, 0.6) is 0 Å². The van der Waals surface area contributed by atoms with Crippen molar-refractivity contribution >= 4 is 5.69 Å². The monoisotopic (exact) mass is 280 g/mol. The van der Waals surface area contributed by atoms with E-state index in [9.17, 15) is 0 Å². The average molecular weight is 280 g/mol. The van der Waals surface area contributed by atoms with Crippen molar-refractivity contribution in [1.82, 2.24) is 5.32 Å². The molecule has 2 aromatic rings. The summed E-state index contributed by atoms with van der Waals surface area (Å²) in [6.07, 6.45) is 1.16. The maximum atomic E-state index is 3.49. The molecule has 1 heterocycles. The van der Waals surface area contributed by atoms with E-state index < -0.39 is 0 Å². The minimum atomic E-state index is 0.434. The van der Waals surface area contributed by atoms with Gasteiger partial charge in [-0.25, -0.2) is 0 Å². The fourth-order valence-corrected chi connectivity index (χ4v) is 3.15. The Morgan fingerprint density at radius 3 is 2.71 bits per heavy atom. The molecule has 2 heteroatoms. The number of hydrogen-bond donors (Lipinski definition) is 1. The summed E-state index contributed by atoms with van der Waals surface area (Å²) >= 11 is 0. The number of anilines is 1. The largest absolute Gasteiger partial charge is 0.367 e. The van der Waals surface area contributed by atoms with Crippen LogP contribution >= 0.6 is 0 Å². The first kappa shape index (κ1) is 14.2. The van der Waals surface area contributed by atoms with Gasteiger partial charge in [0.15, 0.2) is 0 Å². The molecular formula is C19H24N2. The van der Waals surface area contributed by atoms with Crippen LogP contribution in [-0.2, 0) is 13.0 Å². The van der Waals surface area contributed by atoms with Crippen molar-refractivity contribution in [3.05, 3.63) is 65.2 Å². The first-order valence-corrected chi connectivity index (χ1v) is 7.93. The SMILES string of the molecule is CCNC(C)c1ccc2c(c1)CCN2Cc1ccccc1. The van der Waals surface area contributed by atoms with Crippen molar-refractivity contribution in [2.45, 2.75) is 32.9 Å². The molecule has 1 atom stereocenters. The molecule has 0 spiro atoms. The van der Waals surface area contributed by atoms with Gasteiger partial charge >= 0.3 is 0 Å². The zero-order chi connectivity index (χ0) is 14.7. The summed E-state index contributed by atoms with van der Waals surface area (Å²) < 4.78 is 0. The molecule has 0 radical (unpaired) electrons. The number of rotatable bonds is 5. The predicted molar refractivity (Wildman–Crippen MR) is 89.7 cm³/mol. The van der Waals surface area contributed by atoms with Crippen LogP contribution in [0.2, 0.25) is 0 Å². The molecule has 0 saturated carbocycles. The second-order valence-electron chi connectivity index (χ2n) is 5.82. The predicted octanol–water partition coefficient (Wildman–Crippen LogP) is 3.92. The third-order valence-corrected chi connectivity index (χ3v) is 4.32. The highest BCUT2D eigenvalue weighted by Crippen LogP contribution is 2.31. The van der Waals surface area contributed by atoms with Gasteiger partial charge in [0.25, 0.3) is 0 Å². The molecule has 1 unspecified atom stereocenters. The first-order valence-electron chi connectivity index (χ1n) is 7.93. The third kappa shape index (κ3) is 3.11. The lowest BCUT2D eigenvalue weighted by molar-refractivity contribution is 0.598. The molecule has 3 rings (SSSR count). The summed E-state index contributed by atoms with van der Waals surface area (Å²) in [7, 11) is 0. The van der Waals surface area contributed by atoms with E-state index in [0.29, 0.717) is 6.04 Å². The van der Waals surface area contributed by atoms with Gasteiger partial charge in [-0.1, -0.05) is 49.4 Å². The van der Waals surface area contributed by atoms with Crippen molar-refractivity contribution in [2.24, 2.45) is 0 Å². The van der Waals surface area contributed by atoms with Crippen LogP contribution in [0.25, 0.3) is 0 Å². The summed E-state index contributed by atoms with van der Waals surface area (Å²) in [6, 6.07) is 18.1. The Bertz CT molecular complexity index is 592. The lowest BCUT2D eigenvalue weighted by Gasteiger charge is -2.20. The molecule has 0 bridgehead atoms. The van der Waals surface area contributed by atoms with Crippen LogP contribution in [0.1, 0.15) is 36.6 Å². The maximum Gasteiger partial charge on any atom is 0.0429 e. The van der Waals surface area contributed by atoms with Crippen LogP contribution in [0, 0.1) is 0 Å². The van der Waals surface area contributed by atoms with E-state index in [4.69, 9.17) is 0 Å². The fraction of sp³-hybridized carbons (Fsp3) is 0.368. The highest BCUT2D eigenvalue weighted by Gasteiger charge is 2.20. The van der Waals surface area contributed by atoms with E-state index in [1.807, 2.05) is 0 Å². The standard InChI is InChI=1S/C19H24N2/c1-3-20-15(2)17-9-10-19-18(13-17)11-12-21(19)14-16-7-5-4-6-8-16/h4-10,13,15,20H,3,11-12,14H2,1-2H3. The number of fused-ring (bicyclic) bond motifs is 1. The molecule has 1 aliphatic heterocycles. The van der Waals surface area contributed by atoms with E-state index >= 15 is 0 Å². The molecule has 110 valence electrons. The molecule has 0 saturated heterocycles. The lowest BCUT2D eigenvalue weighted by Crippen LogP contribution is -2.19. The first-order chi connectivity index (χ1) is 10.3. The zero-order valence-corrected chi connectivity index (χ0v) is 13.0. The van der Waals surface area contributed by atoms with Gasteiger partial charge in [0.1, 0.15) is 0 Å². The van der Waals surface area contributed by atoms with Crippen LogP contribution in [0.15, 0.2) is 48.5 Å². The highest BCUT2D eigenvalue weighted by atomic mass is 15.1. The van der Waals surface area contributed by atoms with Crippen molar-refractivity contribution in [1.29, 1.82) is 0 Å². The summed E-state index contributed by atoms with van der Waals surface area (Å²) in [6.45, 7) is 7.55. The van der Waals surface area contributed by atoms with Crippen LogP contribution < -0.4 is 10.2 Å². The molecule has 2 aromatic carbocycles. The van der Waals surface area contributed by atoms with Gasteiger partial charge in [-0.05, 0) is 42.6 Å². The normalized spacial score (nSPS) is 15.0. The van der Waals surface area contributed by atoms with Gasteiger partial charge in [-0.3, -0.25) is 0 Å². The molecule has 0 amide bonds. The highest BCUT2D eigenvalue weighted by molar-refractivity contribution is 5.59. The topological polar surface area (TPSA) is 15.3 Å². The zero-order valence-electron chi connectivity index (χ0n) is 13.0. The smallest absolute Gasteiger partial charge is 0.0429 e. The number of nitrogens with zero attached hydrogens (tertiary/aromatic N) is 1. The van der Waals surface area contributed by atoms with Crippen LogP contribution in [0.4, 0.5) is 5.69 Å². The molecule has 21 heavy (non-hydrogen) atoms. The van der Waals surface area contributed by atoms with E-state index in [0.717, 1.165) is 26.1 Å². The van der Waals surface area contributed by atoms with Crippen molar-refractivity contribution in [3.8, 4) is 0 Å². The maximum absolute atomic E-state index is 3.49. The summed E-state index contributed by atoms with van der Waals surface area (Å²) in [5.41, 5.74) is 5.69. The molecule has 0 aromatic heterocycles. The van der Waals surface area contributed by atoms with E-state index in [1.165, 1.54) is 22.4 Å². The van der Waals surface area contributed by atoms with Gasteiger partial charge in [0.2, 0.25) is 0 Å². The van der Waals surface area contributed by atoms with Gasteiger partial charge < -0.3 is 10.2 Å². The summed E-state index contributed by atoms with van der Waals surface area (Å²) in [5.74, 6) is 0. The Balaban J connectivity index is 1.77. The Morgan fingerprint density at radius 2 is 1.95 bits per heavy atom. The summed E-state index contributed by atoms with van der Waals surface area (Å²) in [4.78, 5) is 2.49. The van der Waals surface area contributed by atoms with Crippen LogP contribution in [0.3, 0.4) is 0 Å². The van der Waals surface area contributed by atoms with Crippen molar-refractivity contribution in [2.75, 3.05) is 18.0 Å². The molecule has 2 nitrogen and oxygen atoms in total. The van der Waals surface area contributed by atoms with Gasteiger partial charge in [-0.15, -0.1) is 0 Å². The van der Waals surface area contributed by atoms with Gasteiger partial charge in [0.05, 0.1) is 0 Å². The second kappa shape index (κ2) is 6.31. The lowest BCUT2D eigenvalue weighted by atomic mass is 10.0.